The van der Waals surface area contributed by atoms with Crippen LogP contribution in [-0.4, -0.2) is 36.5 Å². The van der Waals surface area contributed by atoms with E-state index in [9.17, 15) is 9.59 Å². The van der Waals surface area contributed by atoms with Crippen LogP contribution in [0.25, 0.3) is 10.4 Å². The molecule has 1 aliphatic heterocycles. The van der Waals surface area contributed by atoms with Crippen LogP contribution in [0.15, 0.2) is 17.5 Å². The Morgan fingerprint density at radius 3 is 2.84 bits per heavy atom. The fraction of sp³-hybridized carbons (Fsp3) is 0.474. The molecule has 6 heteroatoms. The van der Waals surface area contributed by atoms with E-state index in [0.29, 0.717) is 32.5 Å². The van der Waals surface area contributed by atoms with Crippen molar-refractivity contribution in [2.75, 3.05) is 19.7 Å². The van der Waals surface area contributed by atoms with Crippen LogP contribution in [0.1, 0.15) is 39.9 Å². The molecular formula is C19H21NO3S2. The average molecular weight is 376 g/mol. The molecule has 0 atom stereocenters. The predicted octanol–water partition coefficient (Wildman–Crippen LogP) is 3.99. The highest BCUT2D eigenvalue weighted by atomic mass is 32.1. The summed E-state index contributed by atoms with van der Waals surface area (Å²) in [4.78, 5) is 30.2. The first-order valence-corrected chi connectivity index (χ1v) is 10.5. The van der Waals surface area contributed by atoms with Gasteiger partial charge in [0.1, 0.15) is 0 Å². The topological polar surface area (TPSA) is 46.6 Å². The van der Waals surface area contributed by atoms with Crippen molar-refractivity contribution in [1.29, 1.82) is 0 Å². The molecule has 4 rings (SSSR count). The van der Waals surface area contributed by atoms with Crippen LogP contribution < -0.4 is 0 Å². The maximum absolute atomic E-state index is 12.9. The molecule has 1 saturated heterocycles. The summed E-state index contributed by atoms with van der Waals surface area (Å²) in [5.74, 6) is -0.0708. The normalized spacial score (nSPS) is 17.1. The van der Waals surface area contributed by atoms with E-state index in [4.69, 9.17) is 4.74 Å². The lowest BCUT2D eigenvalue weighted by atomic mass is 9.96. The predicted molar refractivity (Wildman–Crippen MR) is 100 cm³/mol. The molecule has 132 valence electrons. The van der Waals surface area contributed by atoms with E-state index in [-0.39, 0.29) is 17.8 Å². The van der Waals surface area contributed by atoms with Crippen molar-refractivity contribution in [2.24, 2.45) is 5.92 Å². The molecule has 1 aliphatic carbocycles. The molecule has 25 heavy (non-hydrogen) atoms. The van der Waals surface area contributed by atoms with Crippen molar-refractivity contribution < 1.29 is 14.3 Å². The summed E-state index contributed by atoms with van der Waals surface area (Å²) in [6, 6.07) is 4.26. The number of hydrogen-bond acceptors (Lipinski definition) is 5. The van der Waals surface area contributed by atoms with E-state index in [1.54, 1.807) is 11.3 Å². The number of carbonyl (C=O) groups excluding carboxylic acids is 2. The van der Waals surface area contributed by atoms with Gasteiger partial charge in [-0.05, 0) is 55.7 Å². The second-order valence-electron chi connectivity index (χ2n) is 6.54. The largest absolute Gasteiger partial charge is 0.466 e. The van der Waals surface area contributed by atoms with Crippen LogP contribution in [0.2, 0.25) is 0 Å². The number of esters is 1. The Morgan fingerprint density at radius 1 is 1.28 bits per heavy atom. The molecule has 2 aliphatic rings. The Labute approximate surface area is 155 Å². The van der Waals surface area contributed by atoms with Crippen LogP contribution in [0.3, 0.4) is 0 Å². The fourth-order valence-corrected chi connectivity index (χ4v) is 5.85. The number of nitrogens with zero attached hydrogens (tertiary/aromatic N) is 1. The zero-order chi connectivity index (χ0) is 17.4. The van der Waals surface area contributed by atoms with E-state index < -0.39 is 0 Å². The van der Waals surface area contributed by atoms with Gasteiger partial charge in [0.2, 0.25) is 0 Å². The quantitative estimate of drug-likeness (QED) is 0.762. The lowest BCUT2D eigenvalue weighted by molar-refractivity contribution is -0.149. The SMILES string of the molecule is CCOC(=O)C1CCN(C(=O)c2cc3c(s2)-c2ccsc2CC3)CC1. The van der Waals surface area contributed by atoms with Crippen LogP contribution in [-0.2, 0) is 22.4 Å². The summed E-state index contributed by atoms with van der Waals surface area (Å²) in [5, 5.41) is 2.14. The van der Waals surface area contributed by atoms with Gasteiger partial charge >= 0.3 is 5.97 Å². The van der Waals surface area contributed by atoms with E-state index in [0.717, 1.165) is 17.7 Å². The first-order valence-electron chi connectivity index (χ1n) is 8.82. The zero-order valence-corrected chi connectivity index (χ0v) is 15.9. The van der Waals surface area contributed by atoms with Gasteiger partial charge in [-0.3, -0.25) is 9.59 Å². The molecule has 0 radical (unpaired) electrons. The number of hydrogen-bond donors (Lipinski definition) is 0. The number of rotatable bonds is 3. The molecule has 0 spiro atoms. The number of fused-ring (bicyclic) bond motifs is 3. The number of amides is 1. The van der Waals surface area contributed by atoms with E-state index in [2.05, 4.69) is 17.5 Å². The van der Waals surface area contributed by atoms with E-state index in [1.807, 2.05) is 23.2 Å². The molecule has 0 bridgehead atoms. The van der Waals surface area contributed by atoms with Crippen molar-refractivity contribution in [3.05, 3.63) is 32.8 Å². The summed E-state index contributed by atoms with van der Waals surface area (Å²) in [7, 11) is 0. The van der Waals surface area contributed by atoms with Gasteiger partial charge in [0, 0.05) is 28.4 Å². The molecule has 0 unspecified atom stereocenters. The number of piperidine rings is 1. The molecule has 0 N–H and O–H groups in total. The number of thiophene rings is 2. The first kappa shape index (κ1) is 16.8. The molecule has 3 heterocycles. The number of likely N-dealkylation sites (tertiary alicyclic amines) is 1. The Kier molecular flexibility index (Phi) is 4.65. The Morgan fingerprint density at radius 2 is 2.08 bits per heavy atom. The van der Waals surface area contributed by atoms with Gasteiger partial charge in [0.25, 0.3) is 5.91 Å². The molecular weight excluding hydrogens is 354 g/mol. The Balaban J connectivity index is 1.46. The van der Waals surface area contributed by atoms with Crippen molar-refractivity contribution in [3.63, 3.8) is 0 Å². The summed E-state index contributed by atoms with van der Waals surface area (Å²) in [5.41, 5.74) is 2.62. The summed E-state index contributed by atoms with van der Waals surface area (Å²) >= 11 is 3.43. The standard InChI is InChI=1S/C19H21NO3S2/c1-2-23-19(22)12-5-8-20(9-6-12)18(21)16-11-13-3-4-15-14(7-10-24-15)17(13)25-16/h7,10-12H,2-6,8-9H2,1H3. The minimum atomic E-state index is -0.119. The van der Waals surface area contributed by atoms with Gasteiger partial charge in [-0.1, -0.05) is 0 Å². The van der Waals surface area contributed by atoms with Crippen LogP contribution in [0, 0.1) is 5.92 Å². The van der Waals surface area contributed by atoms with Crippen molar-refractivity contribution in [2.45, 2.75) is 32.6 Å². The van der Waals surface area contributed by atoms with Gasteiger partial charge in [-0.25, -0.2) is 0 Å². The van der Waals surface area contributed by atoms with Gasteiger partial charge in [-0.15, -0.1) is 22.7 Å². The highest BCUT2D eigenvalue weighted by Crippen LogP contribution is 2.42. The number of ether oxygens (including phenoxy) is 1. The van der Waals surface area contributed by atoms with Crippen LogP contribution in [0.4, 0.5) is 0 Å². The number of aryl methyl sites for hydroxylation is 2. The highest BCUT2D eigenvalue weighted by Gasteiger charge is 2.30. The van der Waals surface area contributed by atoms with E-state index in [1.165, 1.54) is 20.9 Å². The second kappa shape index (κ2) is 6.92. The molecule has 0 saturated carbocycles. The van der Waals surface area contributed by atoms with Gasteiger partial charge in [0.05, 0.1) is 17.4 Å². The lowest BCUT2D eigenvalue weighted by Crippen LogP contribution is -2.40. The van der Waals surface area contributed by atoms with Crippen LogP contribution >= 0.6 is 22.7 Å². The lowest BCUT2D eigenvalue weighted by Gasteiger charge is -2.30. The molecule has 1 amide bonds. The maximum Gasteiger partial charge on any atom is 0.309 e. The first-order chi connectivity index (χ1) is 12.2. The van der Waals surface area contributed by atoms with Crippen LogP contribution in [0.5, 0.6) is 0 Å². The smallest absolute Gasteiger partial charge is 0.309 e. The average Bonchev–Trinajstić information content (AvgIpc) is 3.27. The maximum atomic E-state index is 12.9. The molecule has 2 aromatic heterocycles. The van der Waals surface area contributed by atoms with Crippen molar-refractivity contribution >= 4 is 34.6 Å². The molecule has 0 aromatic carbocycles. The third-order valence-electron chi connectivity index (χ3n) is 5.03. The second-order valence-corrected chi connectivity index (χ2v) is 8.59. The van der Waals surface area contributed by atoms with Gasteiger partial charge in [0.15, 0.2) is 0 Å². The third-order valence-corrected chi connectivity index (χ3v) is 7.21. The summed E-state index contributed by atoms with van der Waals surface area (Å²) < 4.78 is 5.10. The monoisotopic (exact) mass is 375 g/mol. The molecule has 2 aromatic rings. The zero-order valence-electron chi connectivity index (χ0n) is 14.2. The molecule has 4 nitrogen and oxygen atoms in total. The highest BCUT2D eigenvalue weighted by molar-refractivity contribution is 7.18. The van der Waals surface area contributed by atoms with Crippen molar-refractivity contribution in [1.82, 2.24) is 4.90 Å². The molecule has 1 fully saturated rings. The van der Waals surface area contributed by atoms with E-state index >= 15 is 0 Å². The fourth-order valence-electron chi connectivity index (χ4n) is 3.67. The van der Waals surface area contributed by atoms with Crippen molar-refractivity contribution in [3.8, 4) is 10.4 Å². The third kappa shape index (κ3) is 3.13. The van der Waals surface area contributed by atoms with Gasteiger partial charge in [-0.2, -0.15) is 0 Å². The van der Waals surface area contributed by atoms with Gasteiger partial charge < -0.3 is 9.64 Å². The minimum absolute atomic E-state index is 0.0612. The minimum Gasteiger partial charge on any atom is -0.466 e. The number of carbonyl (C=O) groups is 2. The summed E-state index contributed by atoms with van der Waals surface area (Å²) in [6.07, 6.45) is 3.50. The Hall–Kier alpha value is -1.66. The summed E-state index contributed by atoms with van der Waals surface area (Å²) in [6.45, 7) is 3.51. The Bertz CT molecular complexity index is 799.